The minimum atomic E-state index is 0.628. The molecule has 1 aromatic rings. The zero-order chi connectivity index (χ0) is 12.4. The largest absolute Gasteiger partial charge is 0.370 e. The van der Waals surface area contributed by atoms with Gasteiger partial charge in [0.15, 0.2) is 0 Å². The summed E-state index contributed by atoms with van der Waals surface area (Å²) in [6, 6.07) is 7.81. The fourth-order valence-corrected chi connectivity index (χ4v) is 2.53. The van der Waals surface area contributed by atoms with Crippen molar-refractivity contribution in [1.82, 2.24) is 0 Å². The van der Waals surface area contributed by atoms with Gasteiger partial charge >= 0.3 is 0 Å². The van der Waals surface area contributed by atoms with Crippen LogP contribution in [0.5, 0.6) is 0 Å². The zero-order valence-corrected chi connectivity index (χ0v) is 11.0. The number of halogens is 1. The Hall–Kier alpha value is -1.20. The van der Waals surface area contributed by atoms with Crippen LogP contribution in [0.3, 0.4) is 0 Å². The Labute approximate surface area is 108 Å². The van der Waals surface area contributed by atoms with Crippen molar-refractivity contribution >= 4 is 17.3 Å². The van der Waals surface area contributed by atoms with Gasteiger partial charge in [0, 0.05) is 18.1 Å². The Bertz CT molecular complexity index is 450. The minimum Gasteiger partial charge on any atom is -0.370 e. The quantitative estimate of drug-likeness (QED) is 0.758. The van der Waals surface area contributed by atoms with Gasteiger partial charge in [-0.05, 0) is 36.5 Å². The number of rotatable bonds is 1. The summed E-state index contributed by atoms with van der Waals surface area (Å²) in [5.41, 5.74) is 1.70. The molecule has 0 spiro atoms. The monoisotopic (exact) mass is 248 g/mol. The highest BCUT2D eigenvalue weighted by Crippen LogP contribution is 2.30. The molecule has 2 nitrogen and oxygen atoms in total. The van der Waals surface area contributed by atoms with E-state index >= 15 is 0 Å². The summed E-state index contributed by atoms with van der Waals surface area (Å²) in [7, 11) is 0. The standard InChI is InChI=1S/C14H17ClN2/c1-10-5-6-17(9-11(10)2)14-4-3-13(15)7-12(14)8-16/h3-4,7,10-11H,5-6,9H2,1-2H3. The maximum atomic E-state index is 9.16. The van der Waals surface area contributed by atoms with Crippen molar-refractivity contribution in [1.29, 1.82) is 5.26 Å². The summed E-state index contributed by atoms with van der Waals surface area (Å²) >= 11 is 5.92. The molecule has 90 valence electrons. The summed E-state index contributed by atoms with van der Waals surface area (Å²) in [5.74, 6) is 1.44. The molecule has 0 aromatic heterocycles. The van der Waals surface area contributed by atoms with Crippen LogP contribution >= 0.6 is 11.6 Å². The van der Waals surface area contributed by atoms with E-state index in [9.17, 15) is 0 Å². The second kappa shape index (κ2) is 4.98. The highest BCUT2D eigenvalue weighted by molar-refractivity contribution is 6.30. The number of hydrogen-bond donors (Lipinski definition) is 0. The molecule has 0 amide bonds. The van der Waals surface area contributed by atoms with Crippen LogP contribution < -0.4 is 4.90 Å². The van der Waals surface area contributed by atoms with E-state index in [1.165, 1.54) is 6.42 Å². The molecular weight excluding hydrogens is 232 g/mol. The lowest BCUT2D eigenvalue weighted by molar-refractivity contribution is 0.324. The van der Waals surface area contributed by atoms with Crippen LogP contribution in [0.1, 0.15) is 25.8 Å². The molecule has 0 N–H and O–H groups in total. The van der Waals surface area contributed by atoms with Crippen LogP contribution in [0, 0.1) is 23.2 Å². The highest BCUT2D eigenvalue weighted by atomic mass is 35.5. The molecule has 1 aromatic carbocycles. The average molecular weight is 249 g/mol. The normalized spacial score (nSPS) is 24.5. The van der Waals surface area contributed by atoms with Gasteiger partial charge < -0.3 is 4.90 Å². The first kappa shape index (κ1) is 12.3. The summed E-state index contributed by atoms with van der Waals surface area (Å²) in [4.78, 5) is 2.31. The molecule has 0 saturated carbocycles. The lowest BCUT2D eigenvalue weighted by Crippen LogP contribution is -2.38. The average Bonchev–Trinajstić information content (AvgIpc) is 2.32. The Morgan fingerprint density at radius 3 is 2.76 bits per heavy atom. The van der Waals surface area contributed by atoms with Gasteiger partial charge in [-0.3, -0.25) is 0 Å². The maximum Gasteiger partial charge on any atom is 0.101 e. The van der Waals surface area contributed by atoms with Gasteiger partial charge in [-0.1, -0.05) is 25.4 Å². The number of benzene rings is 1. The topological polar surface area (TPSA) is 27.0 Å². The van der Waals surface area contributed by atoms with Crippen molar-refractivity contribution in [2.45, 2.75) is 20.3 Å². The Morgan fingerprint density at radius 2 is 2.12 bits per heavy atom. The van der Waals surface area contributed by atoms with E-state index in [1.54, 1.807) is 6.07 Å². The predicted octanol–water partition coefficient (Wildman–Crippen LogP) is 3.69. The van der Waals surface area contributed by atoms with Crippen LogP contribution in [-0.2, 0) is 0 Å². The van der Waals surface area contributed by atoms with Gasteiger partial charge in [0.25, 0.3) is 0 Å². The van der Waals surface area contributed by atoms with E-state index in [2.05, 4.69) is 24.8 Å². The Kier molecular flexibility index (Phi) is 3.59. The first-order valence-corrected chi connectivity index (χ1v) is 6.44. The number of nitrogens with zero attached hydrogens (tertiary/aromatic N) is 2. The number of hydrogen-bond acceptors (Lipinski definition) is 2. The summed E-state index contributed by atoms with van der Waals surface area (Å²) in [6.07, 6.45) is 1.19. The van der Waals surface area contributed by atoms with Gasteiger partial charge in [-0.15, -0.1) is 0 Å². The smallest absolute Gasteiger partial charge is 0.101 e. The maximum absolute atomic E-state index is 9.16. The molecule has 2 unspecified atom stereocenters. The number of nitriles is 1. The summed E-state index contributed by atoms with van der Waals surface area (Å²) in [5, 5.41) is 9.78. The van der Waals surface area contributed by atoms with Gasteiger partial charge in [0.05, 0.1) is 11.3 Å². The third kappa shape index (κ3) is 2.56. The molecule has 1 saturated heterocycles. The Balaban J connectivity index is 2.26. The molecule has 2 atom stereocenters. The molecule has 1 aliphatic rings. The van der Waals surface area contributed by atoms with Crippen molar-refractivity contribution < 1.29 is 0 Å². The van der Waals surface area contributed by atoms with Gasteiger partial charge in [-0.2, -0.15) is 5.26 Å². The van der Waals surface area contributed by atoms with Crippen molar-refractivity contribution in [2.24, 2.45) is 11.8 Å². The third-order valence-corrected chi connectivity index (χ3v) is 3.99. The van der Waals surface area contributed by atoms with Crippen LogP contribution in [0.15, 0.2) is 18.2 Å². The number of piperidine rings is 1. The van der Waals surface area contributed by atoms with E-state index in [0.29, 0.717) is 16.5 Å². The van der Waals surface area contributed by atoms with Crippen LogP contribution in [0.25, 0.3) is 0 Å². The number of anilines is 1. The third-order valence-electron chi connectivity index (χ3n) is 3.75. The second-order valence-electron chi connectivity index (χ2n) is 4.96. The molecule has 0 bridgehead atoms. The van der Waals surface area contributed by atoms with E-state index in [1.807, 2.05) is 12.1 Å². The molecule has 1 heterocycles. The molecular formula is C14H17ClN2. The molecule has 3 heteroatoms. The summed E-state index contributed by atoms with van der Waals surface area (Å²) in [6.45, 7) is 6.63. The van der Waals surface area contributed by atoms with Crippen LogP contribution in [-0.4, -0.2) is 13.1 Å². The minimum absolute atomic E-state index is 0.628. The van der Waals surface area contributed by atoms with E-state index in [4.69, 9.17) is 16.9 Å². The highest BCUT2D eigenvalue weighted by Gasteiger charge is 2.24. The van der Waals surface area contributed by atoms with Crippen molar-refractivity contribution in [3.05, 3.63) is 28.8 Å². The molecule has 1 aliphatic heterocycles. The SMILES string of the molecule is CC1CCN(c2ccc(Cl)cc2C#N)CC1C. The van der Waals surface area contributed by atoms with E-state index in [0.717, 1.165) is 24.7 Å². The van der Waals surface area contributed by atoms with Crippen LogP contribution in [0.2, 0.25) is 5.02 Å². The molecule has 17 heavy (non-hydrogen) atoms. The second-order valence-corrected chi connectivity index (χ2v) is 5.40. The lowest BCUT2D eigenvalue weighted by Gasteiger charge is -2.37. The van der Waals surface area contributed by atoms with Crippen molar-refractivity contribution in [3.8, 4) is 6.07 Å². The molecule has 0 radical (unpaired) electrons. The predicted molar refractivity (Wildman–Crippen MR) is 71.3 cm³/mol. The zero-order valence-electron chi connectivity index (χ0n) is 10.3. The Morgan fingerprint density at radius 1 is 1.35 bits per heavy atom. The summed E-state index contributed by atoms with van der Waals surface area (Å²) < 4.78 is 0. The molecule has 0 aliphatic carbocycles. The molecule has 2 rings (SSSR count). The lowest BCUT2D eigenvalue weighted by atomic mass is 9.88. The van der Waals surface area contributed by atoms with Gasteiger partial charge in [0.1, 0.15) is 6.07 Å². The first-order chi connectivity index (χ1) is 8.11. The van der Waals surface area contributed by atoms with E-state index < -0.39 is 0 Å². The fourth-order valence-electron chi connectivity index (χ4n) is 2.36. The first-order valence-electron chi connectivity index (χ1n) is 6.06. The fraction of sp³-hybridized carbons (Fsp3) is 0.500. The van der Waals surface area contributed by atoms with Crippen LogP contribution in [0.4, 0.5) is 5.69 Å². The van der Waals surface area contributed by atoms with Crippen molar-refractivity contribution in [2.75, 3.05) is 18.0 Å². The van der Waals surface area contributed by atoms with Gasteiger partial charge in [0.2, 0.25) is 0 Å². The molecule has 1 fully saturated rings. The van der Waals surface area contributed by atoms with Crippen molar-refractivity contribution in [3.63, 3.8) is 0 Å². The van der Waals surface area contributed by atoms with E-state index in [-0.39, 0.29) is 0 Å². The van der Waals surface area contributed by atoms with Gasteiger partial charge in [-0.25, -0.2) is 0 Å².